The number of aryl methyl sites for hydroxylation is 1. The number of benzene rings is 3. The maximum absolute atomic E-state index is 2.50. The van der Waals surface area contributed by atoms with E-state index >= 15 is 0 Å². The minimum atomic E-state index is 0.0515. The molecular formula is C37H52Ge. The zero-order chi connectivity index (χ0) is 28.5. The van der Waals surface area contributed by atoms with Crippen LogP contribution < -0.4 is 0 Å². The van der Waals surface area contributed by atoms with Crippen LogP contribution in [-0.4, -0.2) is 15.4 Å². The van der Waals surface area contributed by atoms with Gasteiger partial charge in [-0.05, 0) is 12.3 Å². The van der Waals surface area contributed by atoms with E-state index in [0.717, 1.165) is 17.6 Å². The molecule has 2 radical (unpaired) electrons. The van der Waals surface area contributed by atoms with Crippen LogP contribution in [0.15, 0.2) is 54.6 Å². The van der Waals surface area contributed by atoms with Gasteiger partial charge >= 0.3 is 203 Å². The van der Waals surface area contributed by atoms with Crippen LogP contribution in [-0.2, 0) is 34.3 Å². The van der Waals surface area contributed by atoms with Crippen molar-refractivity contribution in [2.45, 2.75) is 122 Å². The van der Waals surface area contributed by atoms with E-state index in [9.17, 15) is 0 Å². The van der Waals surface area contributed by atoms with Gasteiger partial charge in [-0.25, -0.2) is 0 Å². The first-order valence-electron chi connectivity index (χ1n) is 14.5. The molecule has 0 aliphatic carbocycles. The van der Waals surface area contributed by atoms with E-state index in [1.165, 1.54) is 49.8 Å². The van der Waals surface area contributed by atoms with Crippen molar-refractivity contribution in [3.05, 3.63) is 105 Å². The van der Waals surface area contributed by atoms with Gasteiger partial charge in [-0.3, -0.25) is 0 Å². The van der Waals surface area contributed by atoms with Crippen molar-refractivity contribution in [2.75, 3.05) is 0 Å². The second-order valence-corrected chi connectivity index (χ2v) is 18.9. The van der Waals surface area contributed by atoms with Gasteiger partial charge in [-0.15, -0.1) is 0 Å². The van der Waals surface area contributed by atoms with Crippen LogP contribution in [0.25, 0.3) is 0 Å². The minimum Gasteiger partial charge on any atom is -0.0561 e. The van der Waals surface area contributed by atoms with Gasteiger partial charge in [0.2, 0.25) is 0 Å². The molecule has 0 unspecified atom stereocenters. The molecule has 0 aliphatic rings. The molecule has 1 heteroatoms. The summed E-state index contributed by atoms with van der Waals surface area (Å²) in [5.41, 5.74) is 13.4. The topological polar surface area (TPSA) is 0 Å². The molecule has 3 rings (SSSR count). The third-order valence-electron chi connectivity index (χ3n) is 7.37. The monoisotopic (exact) mass is 570 g/mol. The van der Waals surface area contributed by atoms with Gasteiger partial charge in [0.25, 0.3) is 0 Å². The number of hydrogen-bond donors (Lipinski definition) is 0. The summed E-state index contributed by atoms with van der Waals surface area (Å²) in [6, 6.07) is 22.0. The summed E-state index contributed by atoms with van der Waals surface area (Å²) in [4.78, 5) is 0. The first-order chi connectivity index (χ1) is 17.4. The SMILES string of the molecule is Cc1cc(Cc2cc(Cc3cc([CH2][Ge][CH](C)C)cc(C(C)(C)C)c3)cc(C(C)(C)C)c2)cc(C(C)(C)C)c1. The molecule has 0 saturated carbocycles. The molecule has 0 atom stereocenters. The van der Waals surface area contributed by atoms with E-state index in [1.54, 1.807) is 5.56 Å². The van der Waals surface area contributed by atoms with Crippen molar-refractivity contribution in [1.29, 1.82) is 0 Å². The Labute approximate surface area is 241 Å². The van der Waals surface area contributed by atoms with E-state index in [2.05, 4.69) is 138 Å². The first kappa shape index (κ1) is 30.7. The molecule has 0 N–H and O–H groups in total. The molecule has 38 heavy (non-hydrogen) atoms. The minimum absolute atomic E-state index is 0.0515. The molecule has 0 aliphatic heterocycles. The molecule has 0 nitrogen and oxygen atoms in total. The molecule has 0 amide bonds. The Balaban J connectivity index is 2.02. The summed E-state index contributed by atoms with van der Waals surface area (Å²) in [7, 11) is 0. The summed E-state index contributed by atoms with van der Waals surface area (Å²) < 4.78 is 0.850. The predicted molar refractivity (Wildman–Crippen MR) is 170 cm³/mol. The molecule has 0 saturated heterocycles. The van der Waals surface area contributed by atoms with E-state index in [1.807, 2.05) is 0 Å². The van der Waals surface area contributed by atoms with Crippen molar-refractivity contribution in [3.63, 3.8) is 0 Å². The van der Waals surface area contributed by atoms with Gasteiger partial charge in [0.1, 0.15) is 0 Å². The molecule has 3 aromatic rings. The molecule has 204 valence electrons. The third-order valence-corrected chi connectivity index (χ3v) is 10.4. The van der Waals surface area contributed by atoms with Crippen LogP contribution in [0.3, 0.4) is 0 Å². The first-order valence-corrected chi connectivity index (χ1v) is 17.2. The molecular weight excluding hydrogens is 517 g/mol. The van der Waals surface area contributed by atoms with E-state index in [0.29, 0.717) is 0 Å². The molecule has 0 fully saturated rings. The molecule has 0 aromatic heterocycles. The van der Waals surface area contributed by atoms with E-state index in [4.69, 9.17) is 0 Å². The predicted octanol–water partition coefficient (Wildman–Crippen LogP) is 10.1. The van der Waals surface area contributed by atoms with Gasteiger partial charge in [0, 0.05) is 0 Å². The molecule has 0 bridgehead atoms. The van der Waals surface area contributed by atoms with Crippen LogP contribution >= 0.6 is 0 Å². The molecule has 0 spiro atoms. The number of rotatable bonds is 7. The van der Waals surface area contributed by atoms with E-state index in [-0.39, 0.29) is 31.7 Å². The van der Waals surface area contributed by atoms with Crippen molar-refractivity contribution in [2.24, 2.45) is 0 Å². The van der Waals surface area contributed by atoms with Crippen molar-refractivity contribution < 1.29 is 0 Å². The normalized spacial score (nSPS) is 12.9. The van der Waals surface area contributed by atoms with Crippen LogP contribution in [0, 0.1) is 6.92 Å². The summed E-state index contributed by atoms with van der Waals surface area (Å²) in [6.45, 7) is 28.0. The Kier molecular flexibility index (Phi) is 9.50. The van der Waals surface area contributed by atoms with Gasteiger partial charge in [0.05, 0.1) is 0 Å². The Hall–Kier alpha value is -1.80. The van der Waals surface area contributed by atoms with Crippen LogP contribution in [0.5, 0.6) is 0 Å². The Morgan fingerprint density at radius 3 is 1.24 bits per heavy atom. The van der Waals surface area contributed by atoms with E-state index < -0.39 is 0 Å². The zero-order valence-corrected chi connectivity index (χ0v) is 28.5. The van der Waals surface area contributed by atoms with Crippen LogP contribution in [0.2, 0.25) is 4.75 Å². The smallest absolute Gasteiger partial charge is 0.0561 e. The second kappa shape index (κ2) is 11.7. The van der Waals surface area contributed by atoms with Gasteiger partial charge < -0.3 is 0 Å². The standard InChI is InChI=1S/C37H52Ge/c1-25(2)38-24-31-18-30(22-34(23-31)37(10,11)12)17-29-16-28(20-33(21-29)36(7,8)9)15-27-13-26(3)14-32(19-27)35(4,5)6/h13-14,16,18-23,25H,15,17,24H2,1-12H3. The van der Waals surface area contributed by atoms with Crippen molar-refractivity contribution >= 4 is 15.4 Å². The number of hydrogen-bond acceptors (Lipinski definition) is 0. The van der Waals surface area contributed by atoms with Crippen molar-refractivity contribution in [1.82, 2.24) is 0 Å². The van der Waals surface area contributed by atoms with Crippen molar-refractivity contribution in [3.8, 4) is 0 Å². The quantitative estimate of drug-likeness (QED) is 0.249. The van der Waals surface area contributed by atoms with Crippen LogP contribution in [0.1, 0.15) is 126 Å². The Morgan fingerprint density at radius 1 is 0.500 bits per heavy atom. The molecule has 3 aromatic carbocycles. The zero-order valence-electron chi connectivity index (χ0n) is 26.4. The Bertz CT molecular complexity index is 1240. The summed E-state index contributed by atoms with van der Waals surface area (Å²) in [6.07, 6.45) is 1.98. The maximum atomic E-state index is 2.50. The fourth-order valence-electron chi connectivity index (χ4n) is 4.99. The Morgan fingerprint density at radius 2 is 0.842 bits per heavy atom. The average Bonchev–Trinajstić information content (AvgIpc) is 2.75. The van der Waals surface area contributed by atoms with Gasteiger partial charge in [-0.2, -0.15) is 0 Å². The summed E-state index contributed by atoms with van der Waals surface area (Å²) in [5, 5.41) is 1.28. The third kappa shape index (κ3) is 8.87. The fraction of sp³-hybridized carbons (Fsp3) is 0.514. The summed E-state index contributed by atoms with van der Waals surface area (Å²) >= 11 is 0.0515. The second-order valence-electron chi connectivity index (χ2n) is 14.9. The van der Waals surface area contributed by atoms with Gasteiger partial charge in [-0.1, -0.05) is 26.8 Å². The van der Waals surface area contributed by atoms with Gasteiger partial charge in [0.15, 0.2) is 0 Å². The van der Waals surface area contributed by atoms with Crippen LogP contribution in [0.4, 0.5) is 0 Å². The molecule has 0 heterocycles. The average molecular weight is 569 g/mol. The fourth-order valence-corrected chi connectivity index (χ4v) is 6.77. The summed E-state index contributed by atoms with van der Waals surface area (Å²) in [5.74, 6) is 0.